The summed E-state index contributed by atoms with van der Waals surface area (Å²) in [7, 11) is 0. The standard InChI is InChI=1S/C13H16BrN3S/c1-8-3-10(4-9(2)16-8)13(17-15)6-12-5-11(14)7-18-12/h3-5,7,13,17H,6,15H2,1-2H3. The molecule has 0 aliphatic rings. The number of nitrogens with one attached hydrogen (secondary N) is 1. The van der Waals surface area contributed by atoms with Gasteiger partial charge in [0.25, 0.3) is 0 Å². The molecule has 2 aromatic heterocycles. The first-order valence-corrected chi connectivity index (χ1v) is 7.40. The van der Waals surface area contributed by atoms with Crippen LogP contribution in [-0.2, 0) is 6.42 Å². The molecule has 5 heteroatoms. The van der Waals surface area contributed by atoms with E-state index in [4.69, 9.17) is 5.84 Å². The number of pyridine rings is 1. The van der Waals surface area contributed by atoms with Gasteiger partial charge in [0.2, 0.25) is 0 Å². The Morgan fingerprint density at radius 3 is 2.50 bits per heavy atom. The van der Waals surface area contributed by atoms with Crippen LogP contribution < -0.4 is 11.3 Å². The number of aromatic nitrogens is 1. The summed E-state index contributed by atoms with van der Waals surface area (Å²) in [5.74, 6) is 5.68. The molecular weight excluding hydrogens is 310 g/mol. The van der Waals surface area contributed by atoms with Crippen LogP contribution in [0.4, 0.5) is 0 Å². The molecule has 2 aromatic rings. The Morgan fingerprint density at radius 2 is 2.00 bits per heavy atom. The molecule has 2 rings (SSSR count). The molecule has 18 heavy (non-hydrogen) atoms. The van der Waals surface area contributed by atoms with Crippen LogP contribution >= 0.6 is 27.3 Å². The van der Waals surface area contributed by atoms with Gasteiger partial charge in [0.05, 0.1) is 6.04 Å². The van der Waals surface area contributed by atoms with Crippen LogP contribution in [0.5, 0.6) is 0 Å². The van der Waals surface area contributed by atoms with Crippen LogP contribution in [0.2, 0.25) is 0 Å². The van der Waals surface area contributed by atoms with E-state index in [1.165, 1.54) is 10.4 Å². The second-order valence-electron chi connectivity index (χ2n) is 4.34. The first-order chi connectivity index (χ1) is 8.58. The predicted molar refractivity (Wildman–Crippen MR) is 79.5 cm³/mol. The Balaban J connectivity index is 2.22. The van der Waals surface area contributed by atoms with Crippen LogP contribution in [0.15, 0.2) is 28.1 Å². The van der Waals surface area contributed by atoms with Gasteiger partial charge in [-0.2, -0.15) is 0 Å². The number of hydrazine groups is 1. The summed E-state index contributed by atoms with van der Waals surface area (Å²) < 4.78 is 1.13. The summed E-state index contributed by atoms with van der Waals surface area (Å²) in [6, 6.07) is 6.42. The summed E-state index contributed by atoms with van der Waals surface area (Å²) in [5.41, 5.74) is 6.13. The molecule has 0 fully saturated rings. The quantitative estimate of drug-likeness (QED) is 0.670. The largest absolute Gasteiger partial charge is 0.271 e. The molecule has 3 nitrogen and oxygen atoms in total. The van der Waals surface area contributed by atoms with Crippen molar-refractivity contribution in [1.29, 1.82) is 0 Å². The van der Waals surface area contributed by atoms with Gasteiger partial charge in [-0.15, -0.1) is 11.3 Å². The fourth-order valence-electron chi connectivity index (χ4n) is 2.00. The number of thiophene rings is 1. The highest BCUT2D eigenvalue weighted by atomic mass is 79.9. The van der Waals surface area contributed by atoms with Gasteiger partial charge in [-0.05, 0) is 53.5 Å². The topological polar surface area (TPSA) is 50.9 Å². The molecule has 0 radical (unpaired) electrons. The van der Waals surface area contributed by atoms with Crippen molar-refractivity contribution in [2.45, 2.75) is 26.3 Å². The molecule has 0 bridgehead atoms. The van der Waals surface area contributed by atoms with Crippen molar-refractivity contribution in [3.05, 3.63) is 49.9 Å². The van der Waals surface area contributed by atoms with Crippen molar-refractivity contribution in [2.24, 2.45) is 5.84 Å². The van der Waals surface area contributed by atoms with E-state index in [-0.39, 0.29) is 6.04 Å². The van der Waals surface area contributed by atoms with E-state index in [0.29, 0.717) is 0 Å². The molecule has 0 amide bonds. The Morgan fingerprint density at radius 1 is 1.33 bits per heavy atom. The first kappa shape index (κ1) is 13.7. The summed E-state index contributed by atoms with van der Waals surface area (Å²) in [5, 5.41) is 2.09. The number of rotatable bonds is 4. The van der Waals surface area contributed by atoms with Gasteiger partial charge in [-0.25, -0.2) is 0 Å². The first-order valence-electron chi connectivity index (χ1n) is 5.72. The van der Waals surface area contributed by atoms with Gasteiger partial charge >= 0.3 is 0 Å². The van der Waals surface area contributed by atoms with Gasteiger partial charge in [-0.1, -0.05) is 0 Å². The van der Waals surface area contributed by atoms with Gasteiger partial charge in [0.15, 0.2) is 0 Å². The Kier molecular flexibility index (Phi) is 4.50. The summed E-state index contributed by atoms with van der Waals surface area (Å²) in [4.78, 5) is 5.69. The smallest absolute Gasteiger partial charge is 0.0509 e. The molecule has 3 N–H and O–H groups in total. The second-order valence-corrected chi connectivity index (χ2v) is 6.25. The fraction of sp³-hybridized carbons (Fsp3) is 0.308. The maximum Gasteiger partial charge on any atom is 0.0509 e. The summed E-state index contributed by atoms with van der Waals surface area (Å²) in [6.45, 7) is 4.01. The maximum atomic E-state index is 5.68. The Labute approximate surface area is 120 Å². The normalized spacial score (nSPS) is 12.7. The SMILES string of the molecule is Cc1cc(C(Cc2cc(Br)cs2)NN)cc(C)n1. The predicted octanol–water partition coefficient (Wildman–Crippen LogP) is 3.27. The molecule has 0 aliphatic heterocycles. The van der Waals surface area contributed by atoms with Crippen LogP contribution in [0.3, 0.4) is 0 Å². The van der Waals surface area contributed by atoms with Gasteiger partial charge in [0, 0.05) is 32.5 Å². The minimum absolute atomic E-state index is 0.121. The summed E-state index contributed by atoms with van der Waals surface area (Å²) >= 11 is 5.21. The molecule has 1 unspecified atom stereocenters. The molecule has 0 saturated carbocycles. The minimum atomic E-state index is 0.121. The average Bonchev–Trinajstić information content (AvgIpc) is 2.70. The fourth-order valence-corrected chi connectivity index (χ4v) is 3.50. The lowest BCUT2D eigenvalue weighted by Crippen LogP contribution is -2.29. The van der Waals surface area contributed by atoms with E-state index in [2.05, 4.69) is 49.9 Å². The number of aryl methyl sites for hydroxylation is 2. The van der Waals surface area contributed by atoms with Crippen molar-refractivity contribution in [2.75, 3.05) is 0 Å². The van der Waals surface area contributed by atoms with Crippen LogP contribution in [0.1, 0.15) is 27.9 Å². The van der Waals surface area contributed by atoms with E-state index in [1.807, 2.05) is 13.8 Å². The molecule has 1 atom stereocenters. The van der Waals surface area contributed by atoms with E-state index in [9.17, 15) is 0 Å². The monoisotopic (exact) mass is 325 g/mol. The highest BCUT2D eigenvalue weighted by Gasteiger charge is 2.13. The number of nitrogens with two attached hydrogens (primary N) is 1. The third kappa shape index (κ3) is 3.38. The second kappa shape index (κ2) is 5.93. The third-order valence-corrected chi connectivity index (χ3v) is 4.45. The Hall–Kier alpha value is -0.750. The van der Waals surface area contributed by atoms with E-state index < -0.39 is 0 Å². The highest BCUT2D eigenvalue weighted by molar-refractivity contribution is 9.10. The molecule has 2 heterocycles. The van der Waals surface area contributed by atoms with Crippen LogP contribution in [0, 0.1) is 13.8 Å². The van der Waals surface area contributed by atoms with E-state index in [0.717, 1.165) is 22.3 Å². The zero-order valence-corrected chi connectivity index (χ0v) is 12.8. The molecule has 0 aromatic carbocycles. The third-order valence-electron chi connectivity index (χ3n) is 2.73. The lowest BCUT2D eigenvalue weighted by Gasteiger charge is -2.16. The lowest BCUT2D eigenvalue weighted by atomic mass is 10.0. The number of nitrogens with zero attached hydrogens (tertiary/aromatic N) is 1. The highest BCUT2D eigenvalue weighted by Crippen LogP contribution is 2.25. The summed E-state index contributed by atoms with van der Waals surface area (Å²) in [6.07, 6.45) is 0.885. The molecule has 0 aliphatic carbocycles. The molecule has 96 valence electrons. The van der Waals surface area contributed by atoms with Crippen molar-refractivity contribution < 1.29 is 0 Å². The van der Waals surface area contributed by atoms with Crippen molar-refractivity contribution in [1.82, 2.24) is 10.4 Å². The van der Waals surface area contributed by atoms with Crippen molar-refractivity contribution in [3.8, 4) is 0 Å². The van der Waals surface area contributed by atoms with Gasteiger partial charge < -0.3 is 0 Å². The van der Waals surface area contributed by atoms with E-state index >= 15 is 0 Å². The van der Waals surface area contributed by atoms with E-state index in [1.54, 1.807) is 11.3 Å². The number of halogens is 1. The van der Waals surface area contributed by atoms with Crippen molar-refractivity contribution >= 4 is 27.3 Å². The van der Waals surface area contributed by atoms with Crippen LogP contribution in [-0.4, -0.2) is 4.98 Å². The zero-order chi connectivity index (χ0) is 13.1. The molecule has 0 spiro atoms. The van der Waals surface area contributed by atoms with Crippen molar-refractivity contribution in [3.63, 3.8) is 0 Å². The number of hydrogen-bond donors (Lipinski definition) is 2. The van der Waals surface area contributed by atoms with Gasteiger partial charge in [-0.3, -0.25) is 16.3 Å². The average molecular weight is 326 g/mol. The van der Waals surface area contributed by atoms with Gasteiger partial charge in [0.1, 0.15) is 0 Å². The number of hydrogen-bond acceptors (Lipinski definition) is 4. The van der Waals surface area contributed by atoms with Crippen LogP contribution in [0.25, 0.3) is 0 Å². The zero-order valence-electron chi connectivity index (χ0n) is 10.4. The Bertz CT molecular complexity index is 519. The maximum absolute atomic E-state index is 5.68. The lowest BCUT2D eigenvalue weighted by molar-refractivity contribution is 0.554. The molecular formula is C13H16BrN3S. The minimum Gasteiger partial charge on any atom is -0.271 e. The molecule has 0 saturated heterocycles.